The number of likely N-dealkylation sites (N-methyl/N-ethyl adjacent to an activating group) is 1. The predicted octanol–water partition coefficient (Wildman–Crippen LogP) is 1.82. The zero-order valence-electron chi connectivity index (χ0n) is 19.2. The predicted molar refractivity (Wildman–Crippen MR) is 129 cm³/mol. The van der Waals surface area contributed by atoms with Gasteiger partial charge in [0.1, 0.15) is 11.5 Å². The molecule has 1 fully saturated rings. The summed E-state index contributed by atoms with van der Waals surface area (Å²) in [5.74, 6) is -4.02. The number of primary amides is 1. The van der Waals surface area contributed by atoms with Crippen molar-refractivity contribution < 1.29 is 34.5 Å². The second kappa shape index (κ2) is 9.29. The number of likely N-dealkylation sites (tertiary alicyclic amines) is 1. The van der Waals surface area contributed by atoms with Crippen LogP contribution >= 0.6 is 23.2 Å². The van der Waals surface area contributed by atoms with Gasteiger partial charge >= 0.3 is 11.9 Å². The lowest BCUT2D eigenvalue weighted by atomic mass is 9.60. The molecule has 2 aromatic carbocycles. The molecular weight excluding hydrogens is 513 g/mol. The van der Waals surface area contributed by atoms with Crippen LogP contribution in [0.1, 0.15) is 23.1 Å². The van der Waals surface area contributed by atoms with Crippen molar-refractivity contribution in [3.8, 4) is 0 Å². The molecule has 1 aliphatic heterocycles. The molecule has 36 heavy (non-hydrogen) atoms. The second-order valence-corrected chi connectivity index (χ2v) is 10.00. The standard InChI is InChI=1S/C24H25Cl2N3O7/c1-29-12-23(28-35,20(31)32)18(36-11-13-6-7-16(25)17(26)10-13)24(29,21(33)34)22(19(27)30)9-8-14-4-2-3-5-15(14)22/h2-7,10,18,28,35H,8-9,11-12H2,1H3,(H2,27,30)(H,31,32)(H,33,34). The van der Waals surface area contributed by atoms with E-state index in [-0.39, 0.29) is 23.1 Å². The summed E-state index contributed by atoms with van der Waals surface area (Å²) in [6, 6.07) is 11.4. The van der Waals surface area contributed by atoms with Crippen LogP contribution in [0, 0.1) is 0 Å². The van der Waals surface area contributed by atoms with Crippen LogP contribution in [0.4, 0.5) is 0 Å². The highest BCUT2D eigenvalue weighted by Gasteiger charge is 2.78. The van der Waals surface area contributed by atoms with Crippen LogP contribution in [0.5, 0.6) is 0 Å². The van der Waals surface area contributed by atoms with Crippen LogP contribution in [-0.4, -0.2) is 68.9 Å². The zero-order chi connectivity index (χ0) is 26.5. The lowest BCUT2D eigenvalue weighted by Crippen LogP contribution is -2.75. The summed E-state index contributed by atoms with van der Waals surface area (Å²) in [6.07, 6.45) is -1.44. The molecule has 4 rings (SSSR count). The van der Waals surface area contributed by atoms with Crippen molar-refractivity contribution in [2.45, 2.75) is 42.0 Å². The smallest absolute Gasteiger partial charge is 0.330 e. The first-order valence-electron chi connectivity index (χ1n) is 11.0. The van der Waals surface area contributed by atoms with Crippen LogP contribution < -0.4 is 11.2 Å². The van der Waals surface area contributed by atoms with Crippen LogP contribution in [-0.2, 0) is 37.6 Å². The van der Waals surface area contributed by atoms with E-state index in [1.54, 1.807) is 35.8 Å². The van der Waals surface area contributed by atoms with Gasteiger partial charge in [-0.25, -0.2) is 4.79 Å². The SMILES string of the molecule is CN1CC(NO)(C(=O)O)C(OCc2ccc(Cl)c(Cl)c2)C1(C(=O)O)C1(C(N)=O)CCc2ccccc21. The maximum Gasteiger partial charge on any atom is 0.330 e. The molecule has 0 saturated carbocycles. The van der Waals surface area contributed by atoms with E-state index in [4.69, 9.17) is 33.7 Å². The summed E-state index contributed by atoms with van der Waals surface area (Å²) in [7, 11) is 1.37. The van der Waals surface area contributed by atoms with E-state index in [1.807, 2.05) is 0 Å². The number of nitrogens with two attached hydrogens (primary N) is 1. The molecule has 4 atom stereocenters. The number of halogens is 2. The maximum atomic E-state index is 13.3. The van der Waals surface area contributed by atoms with Crippen LogP contribution in [0.3, 0.4) is 0 Å². The van der Waals surface area contributed by atoms with Gasteiger partial charge in [0.25, 0.3) is 0 Å². The molecule has 1 aliphatic carbocycles. The number of fused-ring (bicyclic) bond motifs is 1. The third kappa shape index (κ3) is 3.44. The minimum absolute atomic E-state index is 0.00603. The molecule has 0 radical (unpaired) electrons. The molecule has 1 heterocycles. The number of benzene rings is 2. The molecule has 2 aromatic rings. The largest absolute Gasteiger partial charge is 0.480 e. The molecule has 0 bridgehead atoms. The van der Waals surface area contributed by atoms with Crippen molar-refractivity contribution in [2.24, 2.45) is 5.73 Å². The Labute approximate surface area is 216 Å². The van der Waals surface area contributed by atoms with Crippen molar-refractivity contribution >= 4 is 41.0 Å². The average molecular weight is 538 g/mol. The summed E-state index contributed by atoms with van der Waals surface area (Å²) in [4.78, 5) is 40.4. The number of carbonyl (C=O) groups is 3. The molecule has 0 spiro atoms. The summed E-state index contributed by atoms with van der Waals surface area (Å²) >= 11 is 12.1. The Bertz CT molecular complexity index is 1240. The van der Waals surface area contributed by atoms with E-state index in [0.29, 0.717) is 17.5 Å². The van der Waals surface area contributed by atoms with Crippen molar-refractivity contribution in [1.29, 1.82) is 0 Å². The van der Waals surface area contributed by atoms with E-state index in [2.05, 4.69) is 0 Å². The summed E-state index contributed by atoms with van der Waals surface area (Å²) < 4.78 is 6.07. The van der Waals surface area contributed by atoms with E-state index >= 15 is 0 Å². The van der Waals surface area contributed by atoms with Gasteiger partial charge in [0.15, 0.2) is 11.1 Å². The number of nitrogens with zero attached hydrogens (tertiary/aromatic N) is 1. The van der Waals surface area contributed by atoms with Gasteiger partial charge in [-0.05, 0) is 48.7 Å². The number of hydrogen-bond acceptors (Lipinski definition) is 7. The highest BCUT2D eigenvalue weighted by atomic mass is 35.5. The number of nitrogens with one attached hydrogen (secondary N) is 1. The van der Waals surface area contributed by atoms with Gasteiger partial charge in [-0.3, -0.25) is 14.5 Å². The Morgan fingerprint density at radius 1 is 1.14 bits per heavy atom. The molecule has 12 heteroatoms. The summed E-state index contributed by atoms with van der Waals surface area (Å²) in [5.41, 5.74) is 2.85. The minimum Gasteiger partial charge on any atom is -0.480 e. The lowest BCUT2D eigenvalue weighted by Gasteiger charge is -2.49. The Balaban J connectivity index is 1.96. The highest BCUT2D eigenvalue weighted by molar-refractivity contribution is 6.42. The Kier molecular flexibility index (Phi) is 6.80. The Morgan fingerprint density at radius 3 is 2.42 bits per heavy atom. The van der Waals surface area contributed by atoms with Crippen molar-refractivity contribution in [2.75, 3.05) is 13.6 Å². The lowest BCUT2D eigenvalue weighted by molar-refractivity contribution is -0.179. The molecule has 0 aromatic heterocycles. The van der Waals surface area contributed by atoms with Gasteiger partial charge < -0.3 is 25.9 Å². The first kappa shape index (κ1) is 26.3. The topological polar surface area (TPSA) is 162 Å². The third-order valence-electron chi connectivity index (χ3n) is 7.54. The number of carbonyl (C=O) groups excluding carboxylic acids is 1. The van der Waals surface area contributed by atoms with E-state index in [0.717, 1.165) is 5.56 Å². The quantitative estimate of drug-likeness (QED) is 0.316. The molecule has 2 aliphatic rings. The number of ether oxygens (including phenoxy) is 1. The summed E-state index contributed by atoms with van der Waals surface area (Å²) in [6.45, 7) is -0.800. The number of hydroxylamine groups is 1. The van der Waals surface area contributed by atoms with Gasteiger partial charge in [0.2, 0.25) is 5.91 Å². The third-order valence-corrected chi connectivity index (χ3v) is 8.28. The van der Waals surface area contributed by atoms with Gasteiger partial charge in [0.05, 0.1) is 16.7 Å². The number of rotatable bonds is 8. The molecule has 1 amide bonds. The van der Waals surface area contributed by atoms with Crippen molar-refractivity contribution in [1.82, 2.24) is 10.4 Å². The molecule has 10 nitrogen and oxygen atoms in total. The number of hydrogen-bond donors (Lipinski definition) is 5. The average Bonchev–Trinajstić information content (AvgIpc) is 3.35. The van der Waals surface area contributed by atoms with E-state index < -0.39 is 47.0 Å². The van der Waals surface area contributed by atoms with Crippen LogP contribution in [0.15, 0.2) is 42.5 Å². The summed E-state index contributed by atoms with van der Waals surface area (Å²) in [5, 5.41) is 31.7. The van der Waals surface area contributed by atoms with Crippen LogP contribution in [0.2, 0.25) is 10.0 Å². The Hall–Kier alpha value is -2.73. The number of carboxylic acids is 2. The molecular formula is C24H25Cl2N3O7. The number of carboxylic acid groups (broad SMARTS) is 2. The molecule has 1 saturated heterocycles. The highest BCUT2D eigenvalue weighted by Crippen LogP contribution is 2.55. The van der Waals surface area contributed by atoms with E-state index in [9.17, 15) is 29.8 Å². The maximum absolute atomic E-state index is 13.3. The minimum atomic E-state index is -2.32. The number of amides is 1. The van der Waals surface area contributed by atoms with Crippen molar-refractivity contribution in [3.63, 3.8) is 0 Å². The molecule has 6 N–H and O–H groups in total. The van der Waals surface area contributed by atoms with Gasteiger partial charge in [0, 0.05) is 6.54 Å². The van der Waals surface area contributed by atoms with E-state index in [1.165, 1.54) is 24.1 Å². The fraction of sp³-hybridized carbons (Fsp3) is 0.375. The fourth-order valence-corrected chi connectivity index (χ4v) is 6.31. The second-order valence-electron chi connectivity index (χ2n) is 9.18. The molecule has 192 valence electrons. The zero-order valence-corrected chi connectivity index (χ0v) is 20.7. The van der Waals surface area contributed by atoms with Crippen LogP contribution in [0.25, 0.3) is 0 Å². The number of aryl methyl sites for hydroxylation is 1. The first-order valence-corrected chi connectivity index (χ1v) is 11.8. The monoisotopic (exact) mass is 537 g/mol. The number of aliphatic carboxylic acids is 2. The van der Waals surface area contributed by atoms with Crippen molar-refractivity contribution in [3.05, 3.63) is 69.2 Å². The van der Waals surface area contributed by atoms with Gasteiger partial charge in [-0.1, -0.05) is 53.5 Å². The first-order chi connectivity index (χ1) is 17.0. The van der Waals surface area contributed by atoms with Gasteiger partial charge in [-0.15, -0.1) is 0 Å². The Morgan fingerprint density at radius 2 is 1.83 bits per heavy atom. The fourth-order valence-electron chi connectivity index (χ4n) is 5.99. The van der Waals surface area contributed by atoms with Gasteiger partial charge in [-0.2, -0.15) is 5.48 Å². The normalized spacial score (nSPS) is 29.7. The molecule has 4 unspecified atom stereocenters.